The van der Waals surface area contributed by atoms with Crippen LogP contribution in [0.2, 0.25) is 0 Å². The Labute approximate surface area is 133 Å². The standard InChI is InChI=1S/C21H36/c1-7-9-10-13-19(3,4)18-12-16-20(5)14-11-15-21(20,6)17(18)8-2/h8H,2,7,9-16H2,1,3-6H3. The van der Waals surface area contributed by atoms with E-state index in [1.807, 2.05) is 0 Å². The molecule has 0 amide bonds. The average molecular weight is 289 g/mol. The van der Waals surface area contributed by atoms with Crippen molar-refractivity contribution in [3.63, 3.8) is 0 Å². The van der Waals surface area contributed by atoms with Gasteiger partial charge in [0.15, 0.2) is 0 Å². The highest BCUT2D eigenvalue weighted by atomic mass is 14.6. The highest BCUT2D eigenvalue weighted by molar-refractivity contribution is 5.39. The summed E-state index contributed by atoms with van der Waals surface area (Å²) in [7, 11) is 0. The lowest BCUT2D eigenvalue weighted by Crippen LogP contribution is -2.39. The molecular weight excluding hydrogens is 252 g/mol. The SMILES string of the molecule is C=CC1=C(C(C)(C)CCCCC)CCC2(C)CCCC12C. The van der Waals surface area contributed by atoms with Crippen LogP contribution >= 0.6 is 0 Å². The Kier molecular flexibility index (Phi) is 4.76. The van der Waals surface area contributed by atoms with Crippen LogP contribution in [-0.2, 0) is 0 Å². The van der Waals surface area contributed by atoms with Crippen molar-refractivity contribution in [1.29, 1.82) is 0 Å². The summed E-state index contributed by atoms with van der Waals surface area (Å²) in [6, 6.07) is 0. The van der Waals surface area contributed by atoms with E-state index in [4.69, 9.17) is 0 Å². The average Bonchev–Trinajstić information content (AvgIpc) is 2.73. The lowest BCUT2D eigenvalue weighted by molar-refractivity contribution is 0.117. The van der Waals surface area contributed by atoms with E-state index in [0.717, 1.165) is 0 Å². The van der Waals surface area contributed by atoms with Crippen LogP contribution in [0.1, 0.15) is 92.4 Å². The molecule has 0 radical (unpaired) electrons. The summed E-state index contributed by atoms with van der Waals surface area (Å²) >= 11 is 0. The second kappa shape index (κ2) is 5.94. The number of rotatable bonds is 6. The maximum absolute atomic E-state index is 4.22. The first-order valence-corrected chi connectivity index (χ1v) is 9.17. The van der Waals surface area contributed by atoms with E-state index in [1.54, 1.807) is 11.1 Å². The molecule has 21 heavy (non-hydrogen) atoms. The normalized spacial score (nSPS) is 33.2. The van der Waals surface area contributed by atoms with E-state index in [1.165, 1.54) is 57.8 Å². The molecule has 2 aliphatic rings. The van der Waals surface area contributed by atoms with Gasteiger partial charge >= 0.3 is 0 Å². The zero-order chi connectivity index (χ0) is 15.7. The maximum Gasteiger partial charge on any atom is -0.00219 e. The number of fused-ring (bicyclic) bond motifs is 1. The summed E-state index contributed by atoms with van der Waals surface area (Å²) < 4.78 is 0. The van der Waals surface area contributed by atoms with E-state index in [0.29, 0.717) is 16.2 Å². The van der Waals surface area contributed by atoms with Crippen molar-refractivity contribution >= 4 is 0 Å². The van der Waals surface area contributed by atoms with Crippen LogP contribution in [0.5, 0.6) is 0 Å². The number of hydrogen-bond acceptors (Lipinski definition) is 0. The van der Waals surface area contributed by atoms with Gasteiger partial charge in [-0.1, -0.05) is 78.5 Å². The zero-order valence-electron chi connectivity index (χ0n) is 15.1. The zero-order valence-corrected chi connectivity index (χ0v) is 15.1. The van der Waals surface area contributed by atoms with Gasteiger partial charge in [-0.3, -0.25) is 0 Å². The molecular formula is C21H36. The second-order valence-electron chi connectivity index (χ2n) is 8.68. The summed E-state index contributed by atoms with van der Waals surface area (Å²) in [5.74, 6) is 0. The van der Waals surface area contributed by atoms with Crippen molar-refractivity contribution in [2.75, 3.05) is 0 Å². The molecule has 2 atom stereocenters. The van der Waals surface area contributed by atoms with Crippen molar-refractivity contribution in [2.24, 2.45) is 16.2 Å². The van der Waals surface area contributed by atoms with Gasteiger partial charge < -0.3 is 0 Å². The van der Waals surface area contributed by atoms with E-state index in [9.17, 15) is 0 Å². The summed E-state index contributed by atoms with van der Waals surface area (Å²) in [6.45, 7) is 16.5. The van der Waals surface area contributed by atoms with Gasteiger partial charge in [-0.25, -0.2) is 0 Å². The van der Waals surface area contributed by atoms with Crippen molar-refractivity contribution in [2.45, 2.75) is 92.4 Å². The fraction of sp³-hybridized carbons (Fsp3) is 0.810. The number of unbranched alkanes of at least 4 members (excludes halogenated alkanes) is 2. The Bertz CT molecular complexity index is 425. The molecule has 0 heteroatoms. The van der Waals surface area contributed by atoms with Gasteiger partial charge in [0.05, 0.1) is 0 Å². The molecule has 0 aromatic heterocycles. The molecule has 0 saturated heterocycles. The largest absolute Gasteiger partial charge is 0.0988 e. The Morgan fingerprint density at radius 1 is 1.14 bits per heavy atom. The Balaban J connectivity index is 2.35. The molecule has 0 nitrogen and oxygen atoms in total. The quantitative estimate of drug-likeness (QED) is 0.459. The van der Waals surface area contributed by atoms with Gasteiger partial charge in [-0.15, -0.1) is 0 Å². The second-order valence-corrected chi connectivity index (χ2v) is 8.68. The van der Waals surface area contributed by atoms with Crippen LogP contribution in [0.15, 0.2) is 23.8 Å². The minimum Gasteiger partial charge on any atom is -0.0988 e. The third kappa shape index (κ3) is 2.76. The smallest absolute Gasteiger partial charge is 0.00219 e. The van der Waals surface area contributed by atoms with Crippen molar-refractivity contribution in [3.8, 4) is 0 Å². The fourth-order valence-electron chi connectivity index (χ4n) is 5.16. The van der Waals surface area contributed by atoms with Crippen molar-refractivity contribution in [3.05, 3.63) is 23.8 Å². The lowest BCUT2D eigenvalue weighted by atomic mass is 9.54. The molecule has 1 fully saturated rings. The van der Waals surface area contributed by atoms with Crippen LogP contribution in [-0.4, -0.2) is 0 Å². The van der Waals surface area contributed by atoms with Crippen molar-refractivity contribution < 1.29 is 0 Å². The van der Waals surface area contributed by atoms with Crippen LogP contribution < -0.4 is 0 Å². The maximum atomic E-state index is 4.22. The van der Waals surface area contributed by atoms with Gasteiger partial charge in [0.1, 0.15) is 0 Å². The molecule has 0 aromatic carbocycles. The minimum absolute atomic E-state index is 0.353. The van der Waals surface area contributed by atoms with E-state index < -0.39 is 0 Å². The van der Waals surface area contributed by atoms with Gasteiger partial charge in [0.25, 0.3) is 0 Å². The topological polar surface area (TPSA) is 0 Å². The molecule has 0 bridgehead atoms. The number of allylic oxidation sites excluding steroid dienone is 3. The minimum atomic E-state index is 0.353. The molecule has 0 aromatic rings. The van der Waals surface area contributed by atoms with E-state index in [-0.39, 0.29) is 0 Å². The van der Waals surface area contributed by atoms with Gasteiger partial charge in [-0.05, 0) is 53.9 Å². The third-order valence-electron chi connectivity index (χ3n) is 7.01. The van der Waals surface area contributed by atoms with Crippen LogP contribution in [0.4, 0.5) is 0 Å². The highest BCUT2D eigenvalue weighted by Crippen LogP contribution is 2.64. The van der Waals surface area contributed by atoms with E-state index >= 15 is 0 Å². The fourth-order valence-corrected chi connectivity index (χ4v) is 5.16. The molecule has 0 N–H and O–H groups in total. The Morgan fingerprint density at radius 3 is 2.48 bits per heavy atom. The van der Waals surface area contributed by atoms with Crippen LogP contribution in [0, 0.1) is 16.2 Å². The molecule has 1 saturated carbocycles. The first-order valence-electron chi connectivity index (χ1n) is 9.17. The van der Waals surface area contributed by atoms with Gasteiger partial charge in [-0.2, -0.15) is 0 Å². The number of hydrogen-bond donors (Lipinski definition) is 0. The third-order valence-corrected chi connectivity index (χ3v) is 7.01. The Morgan fingerprint density at radius 2 is 1.86 bits per heavy atom. The summed E-state index contributed by atoms with van der Waals surface area (Å²) in [5, 5.41) is 0. The molecule has 2 unspecified atom stereocenters. The summed E-state index contributed by atoms with van der Waals surface area (Å²) in [4.78, 5) is 0. The summed E-state index contributed by atoms with van der Waals surface area (Å²) in [5.41, 5.74) is 4.60. The molecule has 0 aliphatic heterocycles. The highest BCUT2D eigenvalue weighted by Gasteiger charge is 2.53. The van der Waals surface area contributed by atoms with Crippen molar-refractivity contribution in [1.82, 2.24) is 0 Å². The van der Waals surface area contributed by atoms with Crippen LogP contribution in [0.3, 0.4) is 0 Å². The van der Waals surface area contributed by atoms with E-state index in [2.05, 4.69) is 47.3 Å². The first kappa shape index (κ1) is 16.8. The van der Waals surface area contributed by atoms with Gasteiger partial charge in [0.2, 0.25) is 0 Å². The lowest BCUT2D eigenvalue weighted by Gasteiger charge is -2.50. The molecule has 0 spiro atoms. The molecule has 2 rings (SSSR count). The van der Waals surface area contributed by atoms with Crippen LogP contribution in [0.25, 0.3) is 0 Å². The predicted molar refractivity (Wildman–Crippen MR) is 94.4 cm³/mol. The molecule has 0 heterocycles. The molecule has 120 valence electrons. The monoisotopic (exact) mass is 288 g/mol. The molecule has 2 aliphatic carbocycles. The predicted octanol–water partition coefficient (Wildman–Crippen LogP) is 7.07. The Hall–Kier alpha value is -0.520. The first-order chi connectivity index (χ1) is 9.81. The summed E-state index contributed by atoms with van der Waals surface area (Å²) in [6.07, 6.45) is 14.5. The van der Waals surface area contributed by atoms with Gasteiger partial charge in [0, 0.05) is 0 Å².